The van der Waals surface area contributed by atoms with Crippen molar-refractivity contribution in [2.45, 2.75) is 18.9 Å². The smallest absolute Gasteiger partial charge is 0.243 e. The van der Waals surface area contributed by atoms with E-state index in [1.807, 2.05) is 56.6 Å². The van der Waals surface area contributed by atoms with Crippen LogP contribution in [0.15, 0.2) is 48.5 Å². The molecule has 160 valence electrons. The van der Waals surface area contributed by atoms with Crippen LogP contribution < -0.4 is 10.1 Å². The Morgan fingerprint density at radius 2 is 1.94 bits per heavy atom. The van der Waals surface area contributed by atoms with Crippen LogP contribution in [0, 0.1) is 11.3 Å². The number of fused-ring (bicyclic) bond motifs is 1. The van der Waals surface area contributed by atoms with Crippen molar-refractivity contribution in [3.8, 4) is 11.8 Å². The Labute approximate surface area is 186 Å². The highest BCUT2D eigenvalue weighted by Crippen LogP contribution is 2.24. The molecule has 2 aromatic carbocycles. The van der Waals surface area contributed by atoms with Gasteiger partial charge in [0.15, 0.2) is 11.1 Å². The number of hydrogen-bond acceptors (Lipinski definition) is 6. The Morgan fingerprint density at radius 3 is 2.65 bits per heavy atom. The van der Waals surface area contributed by atoms with Gasteiger partial charge in [-0.3, -0.25) is 4.79 Å². The van der Waals surface area contributed by atoms with Crippen LogP contribution in [0.5, 0.6) is 5.75 Å². The number of carbonyl (C=O) groups is 1. The summed E-state index contributed by atoms with van der Waals surface area (Å²) in [5.41, 5.74) is 2.20. The quantitative estimate of drug-likeness (QED) is 0.515. The van der Waals surface area contributed by atoms with Gasteiger partial charge in [-0.05, 0) is 50.3 Å². The van der Waals surface area contributed by atoms with Crippen LogP contribution in [-0.2, 0) is 11.3 Å². The number of aromatic nitrogens is 2. The molecule has 0 radical (unpaired) electrons. The third-order valence-corrected chi connectivity index (χ3v) is 4.88. The van der Waals surface area contributed by atoms with Crippen LogP contribution in [0.2, 0.25) is 5.15 Å². The Hall–Kier alpha value is -3.21. The molecule has 0 bridgehead atoms. The second kappa shape index (κ2) is 10.7. The van der Waals surface area contributed by atoms with E-state index < -0.39 is 11.8 Å². The fraction of sp³-hybridized carbons (Fsp3) is 0.304. The average molecular weight is 438 g/mol. The molecule has 0 fully saturated rings. The van der Waals surface area contributed by atoms with Crippen molar-refractivity contribution >= 4 is 28.5 Å². The summed E-state index contributed by atoms with van der Waals surface area (Å²) in [4.78, 5) is 23.4. The van der Waals surface area contributed by atoms with E-state index >= 15 is 0 Å². The van der Waals surface area contributed by atoms with Crippen molar-refractivity contribution in [1.82, 2.24) is 20.2 Å². The van der Waals surface area contributed by atoms with Gasteiger partial charge in [-0.15, -0.1) is 0 Å². The molecule has 0 saturated heterocycles. The Kier molecular flexibility index (Phi) is 7.76. The molecule has 0 aliphatic rings. The monoisotopic (exact) mass is 437 g/mol. The zero-order chi connectivity index (χ0) is 22.2. The van der Waals surface area contributed by atoms with Crippen molar-refractivity contribution < 1.29 is 9.53 Å². The molecular weight excluding hydrogens is 414 g/mol. The Morgan fingerprint density at radius 1 is 1.19 bits per heavy atom. The van der Waals surface area contributed by atoms with Crippen LogP contribution in [0.25, 0.3) is 11.0 Å². The van der Waals surface area contributed by atoms with Gasteiger partial charge in [-0.2, -0.15) is 5.26 Å². The number of benzene rings is 2. The number of nitriles is 1. The summed E-state index contributed by atoms with van der Waals surface area (Å²) >= 11 is 6.21. The van der Waals surface area contributed by atoms with E-state index in [0.29, 0.717) is 17.6 Å². The summed E-state index contributed by atoms with van der Waals surface area (Å²) in [6, 6.07) is 16.7. The number of nitrogens with one attached hydrogen (secondary N) is 1. The first kappa shape index (κ1) is 22.5. The summed E-state index contributed by atoms with van der Waals surface area (Å²) < 4.78 is 5.77. The van der Waals surface area contributed by atoms with Gasteiger partial charge >= 0.3 is 0 Å². The van der Waals surface area contributed by atoms with Crippen molar-refractivity contribution in [3.63, 3.8) is 0 Å². The Bertz CT molecular complexity index is 1100. The fourth-order valence-electron chi connectivity index (χ4n) is 3.03. The van der Waals surface area contributed by atoms with Crippen LogP contribution in [0.4, 0.5) is 0 Å². The summed E-state index contributed by atoms with van der Waals surface area (Å²) in [6.07, 6.45) is 0.922. The lowest BCUT2D eigenvalue weighted by Crippen LogP contribution is -2.29. The normalized spacial score (nSPS) is 11.8. The lowest BCUT2D eigenvalue weighted by molar-refractivity contribution is -0.121. The average Bonchev–Trinajstić information content (AvgIpc) is 2.76. The van der Waals surface area contributed by atoms with E-state index in [-0.39, 0.29) is 17.4 Å². The molecule has 1 heterocycles. The van der Waals surface area contributed by atoms with E-state index in [0.717, 1.165) is 24.3 Å². The first-order valence-electron chi connectivity index (χ1n) is 9.94. The lowest BCUT2D eigenvalue weighted by Gasteiger charge is -2.13. The SMILES string of the molecule is CN(C)CCCOc1cccc(CNC(=O)C(C#N)c2nc3ccccc3nc2Cl)c1. The van der Waals surface area contributed by atoms with Crippen LogP contribution in [0.1, 0.15) is 23.6 Å². The first-order valence-corrected chi connectivity index (χ1v) is 10.3. The summed E-state index contributed by atoms with van der Waals surface area (Å²) in [5.74, 6) is -0.896. The van der Waals surface area contributed by atoms with Gasteiger partial charge in [-0.1, -0.05) is 35.9 Å². The number of carbonyl (C=O) groups excluding carboxylic acids is 1. The van der Waals surface area contributed by atoms with Gasteiger partial charge in [0, 0.05) is 13.1 Å². The molecule has 1 atom stereocenters. The predicted octanol–water partition coefficient (Wildman–Crippen LogP) is 3.54. The highest BCUT2D eigenvalue weighted by Gasteiger charge is 2.25. The number of para-hydroxylation sites is 2. The molecule has 1 amide bonds. The zero-order valence-electron chi connectivity index (χ0n) is 17.5. The van der Waals surface area contributed by atoms with Crippen molar-refractivity contribution in [3.05, 3.63) is 64.9 Å². The van der Waals surface area contributed by atoms with E-state index in [2.05, 4.69) is 20.2 Å². The van der Waals surface area contributed by atoms with Gasteiger partial charge in [0.25, 0.3) is 0 Å². The topological polar surface area (TPSA) is 91.1 Å². The van der Waals surface area contributed by atoms with Crippen molar-refractivity contribution in [2.24, 2.45) is 0 Å². The zero-order valence-corrected chi connectivity index (χ0v) is 18.3. The minimum atomic E-state index is -1.16. The number of rotatable bonds is 9. The van der Waals surface area contributed by atoms with Crippen LogP contribution >= 0.6 is 11.6 Å². The van der Waals surface area contributed by atoms with Gasteiger partial charge in [0.1, 0.15) is 11.4 Å². The molecule has 3 rings (SSSR count). The third-order valence-electron chi connectivity index (χ3n) is 4.60. The first-order chi connectivity index (χ1) is 15.0. The molecular formula is C23H24ClN5O2. The fourth-order valence-corrected chi connectivity index (χ4v) is 3.27. The molecule has 0 aliphatic carbocycles. The highest BCUT2D eigenvalue weighted by molar-refractivity contribution is 6.30. The largest absolute Gasteiger partial charge is 0.494 e. The molecule has 0 saturated carbocycles. The number of nitrogens with zero attached hydrogens (tertiary/aromatic N) is 4. The van der Waals surface area contributed by atoms with Crippen LogP contribution in [0.3, 0.4) is 0 Å². The third kappa shape index (κ3) is 6.14. The maximum Gasteiger partial charge on any atom is 0.243 e. The van der Waals surface area contributed by atoms with Crippen molar-refractivity contribution in [1.29, 1.82) is 5.26 Å². The standard InChI is InChI=1S/C23H24ClN5O2/c1-29(2)11-6-12-31-17-8-5-7-16(13-17)15-26-23(30)18(14-25)21-22(24)28-20-10-4-3-9-19(20)27-21/h3-5,7-10,13,18H,6,11-12,15H2,1-2H3,(H,26,30). The van der Waals surface area contributed by atoms with Crippen molar-refractivity contribution in [2.75, 3.05) is 27.2 Å². The molecule has 31 heavy (non-hydrogen) atoms. The second-order valence-electron chi connectivity index (χ2n) is 7.32. The van der Waals surface area contributed by atoms with Gasteiger partial charge in [-0.25, -0.2) is 9.97 Å². The minimum Gasteiger partial charge on any atom is -0.494 e. The van der Waals surface area contributed by atoms with E-state index in [1.165, 1.54) is 0 Å². The maximum atomic E-state index is 12.7. The van der Waals surface area contributed by atoms with Gasteiger partial charge in [0.2, 0.25) is 5.91 Å². The molecule has 3 aromatic rings. The number of hydrogen-bond donors (Lipinski definition) is 1. The molecule has 8 heteroatoms. The summed E-state index contributed by atoms with van der Waals surface area (Å²) in [5, 5.41) is 12.4. The molecule has 7 nitrogen and oxygen atoms in total. The lowest BCUT2D eigenvalue weighted by atomic mass is 10.1. The second-order valence-corrected chi connectivity index (χ2v) is 7.68. The number of halogens is 1. The summed E-state index contributed by atoms with van der Waals surface area (Å²) in [7, 11) is 4.04. The minimum absolute atomic E-state index is 0.0496. The molecule has 0 aliphatic heterocycles. The molecule has 1 N–H and O–H groups in total. The Balaban J connectivity index is 1.64. The maximum absolute atomic E-state index is 12.7. The number of amides is 1. The molecule has 1 aromatic heterocycles. The predicted molar refractivity (Wildman–Crippen MR) is 120 cm³/mol. The number of ether oxygens (including phenoxy) is 1. The van der Waals surface area contributed by atoms with E-state index in [4.69, 9.17) is 16.3 Å². The molecule has 0 spiro atoms. The van der Waals surface area contributed by atoms with Gasteiger partial charge in [0.05, 0.1) is 23.7 Å². The van der Waals surface area contributed by atoms with Crippen LogP contribution in [-0.4, -0.2) is 48.0 Å². The highest BCUT2D eigenvalue weighted by atomic mass is 35.5. The summed E-state index contributed by atoms with van der Waals surface area (Å²) in [6.45, 7) is 1.82. The van der Waals surface area contributed by atoms with E-state index in [1.54, 1.807) is 12.1 Å². The van der Waals surface area contributed by atoms with Gasteiger partial charge < -0.3 is 15.0 Å². The molecule has 1 unspecified atom stereocenters. The van der Waals surface area contributed by atoms with E-state index in [9.17, 15) is 10.1 Å².